The number of hydrogen-bond acceptors (Lipinski definition) is 4. The van der Waals surface area contributed by atoms with Crippen LogP contribution in [0.5, 0.6) is 0 Å². The molecule has 0 fully saturated rings. The molecule has 110 valence electrons. The molecule has 0 atom stereocenters. The van der Waals surface area contributed by atoms with Gasteiger partial charge in [-0.2, -0.15) is 0 Å². The van der Waals surface area contributed by atoms with Crippen molar-refractivity contribution in [2.75, 3.05) is 53.9 Å². The molecule has 0 aliphatic carbocycles. The van der Waals surface area contributed by atoms with E-state index in [0.717, 1.165) is 0 Å². The van der Waals surface area contributed by atoms with Gasteiger partial charge in [-0.15, -0.1) is 13.2 Å². The maximum absolute atomic E-state index is 5.16. The summed E-state index contributed by atoms with van der Waals surface area (Å²) in [6, 6.07) is 0. The summed E-state index contributed by atoms with van der Waals surface area (Å²) in [5.74, 6) is 0. The Morgan fingerprint density at radius 1 is 0.684 bits per heavy atom. The first kappa shape index (κ1) is 27.8. The first-order valence-corrected chi connectivity index (χ1v) is 5.68. The number of allylic oxidation sites excluding steroid dienone is 2. The normalized spacial score (nSPS) is 8.00. The van der Waals surface area contributed by atoms with E-state index in [9.17, 15) is 0 Å². The van der Waals surface area contributed by atoms with Crippen LogP contribution >= 0.6 is 0 Å². The fourth-order valence-corrected chi connectivity index (χ4v) is 0.606. The van der Waals surface area contributed by atoms with Crippen LogP contribution in [0.1, 0.15) is 0 Å². The van der Waals surface area contributed by atoms with E-state index in [1.54, 1.807) is 14.2 Å². The topological polar surface area (TPSA) is 36.9 Å². The fourth-order valence-electron chi connectivity index (χ4n) is 0.606. The van der Waals surface area contributed by atoms with Gasteiger partial charge in [0, 0.05) is 52.0 Å². The number of ether oxygens (including phenoxy) is 4. The summed E-state index contributed by atoms with van der Waals surface area (Å²) >= 11 is 0. The molecule has 0 heterocycles. The zero-order chi connectivity index (χ0) is 14.5. The molecule has 0 unspecified atom stereocenters. The van der Waals surface area contributed by atoms with Gasteiger partial charge >= 0.3 is 0 Å². The molecule has 0 aliphatic rings. The standard InChI is InChI=1S/C8H18O4.2C3H5.Ca/c1-9-3-5-11-7-8-12-6-4-10-2;2*1-3-2;/h3-8H2,1-2H3;2*3H,1-2H2;. The van der Waals surface area contributed by atoms with Gasteiger partial charge in [0.25, 0.3) is 0 Å². The first-order chi connectivity index (χ1) is 8.74. The molecular weight excluding hydrogens is 272 g/mol. The second-order valence-electron chi connectivity index (χ2n) is 2.79. The fraction of sp³-hybridized carbons (Fsp3) is 0.571. The van der Waals surface area contributed by atoms with Gasteiger partial charge in [0.1, 0.15) is 0 Å². The largest absolute Gasteiger partial charge is 0.382 e. The van der Waals surface area contributed by atoms with Gasteiger partial charge in [-0.25, -0.2) is 0 Å². The summed E-state index contributed by atoms with van der Waals surface area (Å²) in [7, 11) is 3.30. The molecule has 4 nitrogen and oxygen atoms in total. The van der Waals surface area contributed by atoms with Crippen LogP contribution in [-0.4, -0.2) is 91.6 Å². The van der Waals surface area contributed by atoms with Crippen molar-refractivity contribution in [2.45, 2.75) is 0 Å². The Morgan fingerprint density at radius 3 is 1.11 bits per heavy atom. The van der Waals surface area contributed by atoms with Crippen molar-refractivity contribution in [3.05, 3.63) is 39.2 Å². The van der Waals surface area contributed by atoms with Gasteiger partial charge in [-0.05, 0) is 13.8 Å². The Kier molecular flexibility index (Phi) is 53.2. The summed E-state index contributed by atoms with van der Waals surface area (Å²) < 4.78 is 19.9. The Bertz CT molecular complexity index is 127. The maximum Gasteiger partial charge on any atom is 0.0701 e. The van der Waals surface area contributed by atoms with Gasteiger partial charge in [0.05, 0.1) is 39.6 Å². The molecule has 0 saturated carbocycles. The third-order valence-electron chi connectivity index (χ3n) is 1.24. The monoisotopic (exact) mass is 300 g/mol. The van der Waals surface area contributed by atoms with Gasteiger partial charge in [-0.1, -0.05) is 12.2 Å². The molecule has 0 aliphatic heterocycles. The summed E-state index contributed by atoms with van der Waals surface area (Å²) in [5, 5.41) is 0. The molecule has 0 N–H and O–H groups in total. The second kappa shape index (κ2) is 36.3. The number of hydrogen-bond donors (Lipinski definition) is 0. The van der Waals surface area contributed by atoms with Crippen LogP contribution in [0, 0.1) is 13.8 Å². The van der Waals surface area contributed by atoms with Crippen LogP contribution in [0.2, 0.25) is 0 Å². The molecule has 0 spiro atoms. The van der Waals surface area contributed by atoms with Gasteiger partial charge in [0.2, 0.25) is 0 Å². The second-order valence-corrected chi connectivity index (χ2v) is 2.79. The van der Waals surface area contributed by atoms with E-state index in [4.69, 9.17) is 18.9 Å². The quantitative estimate of drug-likeness (QED) is 0.482. The summed E-state index contributed by atoms with van der Waals surface area (Å²) in [6.07, 6.45) is 3.00. The van der Waals surface area contributed by atoms with Crippen molar-refractivity contribution in [3.63, 3.8) is 0 Å². The number of rotatable bonds is 9. The molecule has 0 aromatic carbocycles. The van der Waals surface area contributed by atoms with Crippen molar-refractivity contribution in [3.8, 4) is 0 Å². The van der Waals surface area contributed by atoms with Crippen molar-refractivity contribution in [2.24, 2.45) is 0 Å². The van der Waals surface area contributed by atoms with Crippen molar-refractivity contribution in [1.82, 2.24) is 0 Å². The predicted octanol–water partition coefficient (Wildman–Crippen LogP) is 1.94. The molecule has 4 radical (unpaired) electrons. The SMILES string of the molecule is COCCOCCOCCOC.[CH2]C=C.[CH2]C=C.[Ca]. The van der Waals surface area contributed by atoms with Gasteiger partial charge in [0.15, 0.2) is 0 Å². The van der Waals surface area contributed by atoms with E-state index in [0.29, 0.717) is 39.6 Å². The predicted molar refractivity (Wildman–Crippen MR) is 82.3 cm³/mol. The molecule has 0 aromatic rings. The molecule has 5 heteroatoms. The van der Waals surface area contributed by atoms with Gasteiger partial charge < -0.3 is 18.9 Å². The smallest absolute Gasteiger partial charge is 0.0701 e. The van der Waals surface area contributed by atoms with E-state index in [1.807, 2.05) is 0 Å². The Hall–Kier alpha value is 0.580. The van der Waals surface area contributed by atoms with E-state index >= 15 is 0 Å². The Labute approximate surface area is 149 Å². The average molecular weight is 300 g/mol. The number of methoxy groups -OCH3 is 2. The van der Waals surface area contributed by atoms with E-state index in [1.165, 1.54) is 12.2 Å². The summed E-state index contributed by atoms with van der Waals surface area (Å²) in [6.45, 7) is 16.8. The molecular formula is C14H28CaO4. The minimum Gasteiger partial charge on any atom is -0.382 e. The minimum absolute atomic E-state index is 0. The maximum atomic E-state index is 5.16. The van der Waals surface area contributed by atoms with E-state index in [2.05, 4.69) is 27.0 Å². The van der Waals surface area contributed by atoms with Crippen LogP contribution in [-0.2, 0) is 18.9 Å². The summed E-state index contributed by atoms with van der Waals surface area (Å²) in [5.41, 5.74) is 0. The molecule has 0 saturated heterocycles. The van der Waals surface area contributed by atoms with Crippen molar-refractivity contribution < 1.29 is 18.9 Å². The first-order valence-electron chi connectivity index (χ1n) is 5.68. The molecule has 0 amide bonds. The summed E-state index contributed by atoms with van der Waals surface area (Å²) in [4.78, 5) is 0. The van der Waals surface area contributed by atoms with Gasteiger partial charge in [-0.3, -0.25) is 0 Å². The van der Waals surface area contributed by atoms with Crippen molar-refractivity contribution >= 4 is 37.7 Å². The molecule has 0 bridgehead atoms. The molecule has 0 rings (SSSR count). The van der Waals surface area contributed by atoms with E-state index < -0.39 is 0 Å². The Balaban J connectivity index is -0.000000137. The van der Waals surface area contributed by atoms with Crippen LogP contribution in [0.3, 0.4) is 0 Å². The third-order valence-corrected chi connectivity index (χ3v) is 1.24. The average Bonchev–Trinajstić information content (AvgIpc) is 2.35. The third kappa shape index (κ3) is 55.7. The minimum atomic E-state index is 0. The molecule has 19 heavy (non-hydrogen) atoms. The zero-order valence-corrected chi connectivity index (χ0v) is 14.8. The van der Waals surface area contributed by atoms with E-state index in [-0.39, 0.29) is 37.7 Å². The van der Waals surface area contributed by atoms with Crippen LogP contribution in [0.15, 0.2) is 25.3 Å². The van der Waals surface area contributed by atoms with Crippen LogP contribution in [0.25, 0.3) is 0 Å². The zero-order valence-electron chi connectivity index (χ0n) is 12.6. The molecule has 0 aromatic heterocycles. The van der Waals surface area contributed by atoms with Crippen LogP contribution in [0.4, 0.5) is 0 Å². The van der Waals surface area contributed by atoms with Crippen LogP contribution < -0.4 is 0 Å². The Morgan fingerprint density at radius 2 is 0.895 bits per heavy atom. The van der Waals surface area contributed by atoms with Crippen molar-refractivity contribution in [1.29, 1.82) is 0 Å².